The highest BCUT2D eigenvalue weighted by molar-refractivity contribution is 5.96. The third kappa shape index (κ3) is 2.39. The van der Waals surface area contributed by atoms with Gasteiger partial charge in [-0.15, -0.1) is 0 Å². The summed E-state index contributed by atoms with van der Waals surface area (Å²) in [5.74, 6) is 2.08. The van der Waals surface area contributed by atoms with Crippen LogP contribution in [-0.4, -0.2) is 18.1 Å². The maximum Gasteiger partial charge on any atom is 0.230 e. The van der Waals surface area contributed by atoms with E-state index in [1.165, 1.54) is 12.0 Å². The zero-order valence-electron chi connectivity index (χ0n) is 13.9. The summed E-state index contributed by atoms with van der Waals surface area (Å²) >= 11 is 0. The monoisotopic (exact) mass is 321 g/mol. The molecule has 1 N–H and O–H groups in total. The van der Waals surface area contributed by atoms with E-state index >= 15 is 0 Å². The number of anilines is 1. The standard InChI is InChI=1S/C21H23NO2/c1-22(15-10-12-16(23)13-11-15)21(24)20-17-8-5-9-18(20)19(17)14-6-3-2-4-7-14/h2-4,6-7,10-13,17-20,23H,5,8-9H2,1H3. The molecule has 2 unspecified atom stereocenters. The molecule has 0 spiro atoms. The van der Waals surface area contributed by atoms with E-state index < -0.39 is 0 Å². The lowest BCUT2D eigenvalue weighted by Crippen LogP contribution is -2.55. The molecular weight excluding hydrogens is 298 g/mol. The number of nitrogens with zero attached hydrogens (tertiary/aromatic N) is 1. The summed E-state index contributed by atoms with van der Waals surface area (Å²) in [6.07, 6.45) is 3.54. The molecular formula is C21H23NO2. The Kier molecular flexibility index (Phi) is 3.79. The van der Waals surface area contributed by atoms with Gasteiger partial charge in [-0.25, -0.2) is 0 Å². The van der Waals surface area contributed by atoms with Crippen LogP contribution in [0.15, 0.2) is 54.6 Å². The fourth-order valence-corrected chi connectivity index (χ4v) is 4.81. The Bertz CT molecular complexity index is 713. The van der Waals surface area contributed by atoms with Gasteiger partial charge in [-0.05, 0) is 60.4 Å². The second-order valence-corrected chi connectivity index (χ2v) is 7.13. The van der Waals surface area contributed by atoms with Gasteiger partial charge < -0.3 is 10.0 Å². The van der Waals surface area contributed by atoms with Gasteiger partial charge >= 0.3 is 0 Å². The molecule has 0 saturated heterocycles. The largest absolute Gasteiger partial charge is 0.508 e. The van der Waals surface area contributed by atoms with Crippen molar-refractivity contribution in [2.75, 3.05) is 11.9 Å². The van der Waals surface area contributed by atoms with Crippen LogP contribution in [0.25, 0.3) is 0 Å². The molecule has 124 valence electrons. The van der Waals surface area contributed by atoms with Crippen LogP contribution in [0.2, 0.25) is 0 Å². The molecule has 0 heterocycles. The number of hydrogen-bond donors (Lipinski definition) is 1. The number of phenols is 1. The second kappa shape index (κ2) is 5.97. The number of fused-ring (bicyclic) bond motifs is 2. The molecule has 2 bridgehead atoms. The quantitative estimate of drug-likeness (QED) is 0.921. The molecule has 4 rings (SSSR count). The Morgan fingerprint density at radius 2 is 1.62 bits per heavy atom. The van der Waals surface area contributed by atoms with Crippen LogP contribution >= 0.6 is 0 Å². The van der Waals surface area contributed by atoms with Crippen LogP contribution in [0.3, 0.4) is 0 Å². The number of benzene rings is 2. The van der Waals surface area contributed by atoms with Crippen molar-refractivity contribution in [3.8, 4) is 5.75 Å². The van der Waals surface area contributed by atoms with Gasteiger partial charge in [-0.3, -0.25) is 4.79 Å². The van der Waals surface area contributed by atoms with Crippen molar-refractivity contribution in [1.82, 2.24) is 0 Å². The maximum absolute atomic E-state index is 13.1. The summed E-state index contributed by atoms with van der Waals surface area (Å²) in [6.45, 7) is 0. The average Bonchev–Trinajstić information content (AvgIpc) is 2.63. The van der Waals surface area contributed by atoms with Gasteiger partial charge in [0.2, 0.25) is 5.91 Å². The van der Waals surface area contributed by atoms with Gasteiger partial charge in [0.25, 0.3) is 0 Å². The third-order valence-corrected chi connectivity index (χ3v) is 5.96. The highest BCUT2D eigenvalue weighted by atomic mass is 16.3. The summed E-state index contributed by atoms with van der Waals surface area (Å²) in [6, 6.07) is 17.5. The molecule has 2 fully saturated rings. The number of aromatic hydroxyl groups is 1. The number of hydrogen-bond acceptors (Lipinski definition) is 2. The van der Waals surface area contributed by atoms with Gasteiger partial charge in [0.1, 0.15) is 5.75 Å². The normalized spacial score (nSPS) is 28.0. The Morgan fingerprint density at radius 1 is 1.00 bits per heavy atom. The van der Waals surface area contributed by atoms with Crippen LogP contribution in [0, 0.1) is 17.8 Å². The predicted molar refractivity (Wildman–Crippen MR) is 95.0 cm³/mol. The molecule has 2 aliphatic rings. The molecule has 2 aliphatic carbocycles. The van der Waals surface area contributed by atoms with Gasteiger partial charge in [0.15, 0.2) is 0 Å². The minimum absolute atomic E-state index is 0.141. The molecule has 0 radical (unpaired) electrons. The first-order valence-corrected chi connectivity index (χ1v) is 8.78. The van der Waals surface area contributed by atoms with Crippen LogP contribution in [0.4, 0.5) is 5.69 Å². The zero-order valence-corrected chi connectivity index (χ0v) is 13.9. The maximum atomic E-state index is 13.1. The first kappa shape index (κ1) is 15.3. The fraction of sp³-hybridized carbons (Fsp3) is 0.381. The predicted octanol–water partition coefficient (Wildman–Crippen LogP) is 4.18. The number of phenolic OH excluding ortho intramolecular Hbond substituents is 1. The highest BCUT2D eigenvalue weighted by Gasteiger charge is 2.56. The van der Waals surface area contributed by atoms with Crippen molar-refractivity contribution in [3.05, 3.63) is 60.2 Å². The first-order valence-electron chi connectivity index (χ1n) is 8.78. The van der Waals surface area contributed by atoms with Gasteiger partial charge in [-0.2, -0.15) is 0 Å². The molecule has 2 saturated carbocycles. The van der Waals surface area contributed by atoms with Crippen molar-refractivity contribution in [2.24, 2.45) is 17.8 Å². The Labute approximate surface area is 142 Å². The molecule has 3 heteroatoms. The summed E-state index contributed by atoms with van der Waals surface area (Å²) in [4.78, 5) is 14.8. The summed E-state index contributed by atoms with van der Waals surface area (Å²) in [5, 5.41) is 9.43. The van der Waals surface area contributed by atoms with Gasteiger partial charge in [0, 0.05) is 18.7 Å². The van der Waals surface area contributed by atoms with Crippen LogP contribution < -0.4 is 4.90 Å². The number of carbonyl (C=O) groups is 1. The van der Waals surface area contributed by atoms with E-state index in [1.807, 2.05) is 7.05 Å². The van der Waals surface area contributed by atoms with Crippen molar-refractivity contribution >= 4 is 11.6 Å². The molecule has 2 atom stereocenters. The SMILES string of the molecule is CN(C(=O)C1C2CCCC1C2c1ccccc1)c1ccc(O)cc1. The van der Waals surface area contributed by atoms with E-state index in [9.17, 15) is 9.90 Å². The summed E-state index contributed by atoms with van der Waals surface area (Å²) in [7, 11) is 1.85. The van der Waals surface area contributed by atoms with Crippen molar-refractivity contribution in [3.63, 3.8) is 0 Å². The number of amides is 1. The smallest absolute Gasteiger partial charge is 0.230 e. The topological polar surface area (TPSA) is 40.5 Å². The molecule has 2 aromatic rings. The van der Waals surface area contributed by atoms with E-state index in [4.69, 9.17) is 0 Å². The van der Waals surface area contributed by atoms with E-state index in [1.54, 1.807) is 29.2 Å². The van der Waals surface area contributed by atoms with Gasteiger partial charge in [-0.1, -0.05) is 36.8 Å². The molecule has 0 aromatic heterocycles. The third-order valence-electron chi connectivity index (χ3n) is 5.96. The highest BCUT2D eigenvalue weighted by Crippen LogP contribution is 2.60. The van der Waals surface area contributed by atoms with Crippen LogP contribution in [0.1, 0.15) is 30.7 Å². The van der Waals surface area contributed by atoms with Crippen LogP contribution in [0.5, 0.6) is 5.75 Å². The average molecular weight is 321 g/mol. The van der Waals surface area contributed by atoms with E-state index in [0.29, 0.717) is 17.8 Å². The lowest BCUT2D eigenvalue weighted by Gasteiger charge is -2.56. The Morgan fingerprint density at radius 3 is 2.25 bits per heavy atom. The molecule has 3 nitrogen and oxygen atoms in total. The summed E-state index contributed by atoms with van der Waals surface area (Å²) < 4.78 is 0. The molecule has 0 aliphatic heterocycles. The van der Waals surface area contributed by atoms with Crippen molar-refractivity contribution in [2.45, 2.75) is 25.2 Å². The minimum Gasteiger partial charge on any atom is -0.508 e. The number of rotatable bonds is 3. The molecule has 2 aromatic carbocycles. The Balaban J connectivity index is 1.55. The fourth-order valence-electron chi connectivity index (χ4n) is 4.81. The lowest BCUT2D eigenvalue weighted by atomic mass is 9.48. The first-order chi connectivity index (χ1) is 11.7. The van der Waals surface area contributed by atoms with E-state index in [0.717, 1.165) is 18.5 Å². The number of carbonyl (C=O) groups excluding carboxylic acids is 1. The lowest BCUT2D eigenvalue weighted by molar-refractivity contribution is -0.137. The second-order valence-electron chi connectivity index (χ2n) is 7.13. The molecule has 24 heavy (non-hydrogen) atoms. The van der Waals surface area contributed by atoms with E-state index in [2.05, 4.69) is 30.3 Å². The van der Waals surface area contributed by atoms with Gasteiger partial charge in [0.05, 0.1) is 0 Å². The Hall–Kier alpha value is -2.29. The van der Waals surface area contributed by atoms with Crippen LogP contribution in [-0.2, 0) is 4.79 Å². The molecule has 1 amide bonds. The van der Waals surface area contributed by atoms with E-state index in [-0.39, 0.29) is 17.6 Å². The van der Waals surface area contributed by atoms with Crippen molar-refractivity contribution < 1.29 is 9.90 Å². The summed E-state index contributed by atoms with van der Waals surface area (Å²) in [5.41, 5.74) is 2.24. The zero-order chi connectivity index (χ0) is 16.7. The van der Waals surface area contributed by atoms with Crippen molar-refractivity contribution in [1.29, 1.82) is 0 Å². The minimum atomic E-state index is 0.141.